The van der Waals surface area contributed by atoms with E-state index in [0.717, 1.165) is 12.8 Å². The number of phosphoric ester groups is 2. The third-order valence-corrected chi connectivity index (χ3v) is 9.18. The number of carbonyl (C=O) groups is 2. The quantitative estimate of drug-likeness (QED) is 0.0926. The van der Waals surface area contributed by atoms with Gasteiger partial charge in [-0.05, 0) is 62.7 Å². The Morgan fingerprint density at radius 1 is 0.531 bits per heavy atom. The molecule has 0 heterocycles. The van der Waals surface area contributed by atoms with Crippen LogP contribution in [-0.4, -0.2) is 69.2 Å². The van der Waals surface area contributed by atoms with E-state index >= 15 is 0 Å². The van der Waals surface area contributed by atoms with E-state index in [2.05, 4.69) is 41.5 Å². The number of rotatable bonds is 19. The molecule has 294 valence electrons. The van der Waals surface area contributed by atoms with Crippen molar-refractivity contribution >= 4 is 27.2 Å². The number of aliphatic hydroxyl groups is 2. The minimum atomic E-state index is -4.25. The Kier molecular flexibility index (Phi) is 20.2. The SMILES string of the molecule is CC(C)(C)CCCC(=O)C(O)C(C)(C)COP(=O)(O)OC(C)(C)C.CC(C)(C)CCCC(=O)C(O)C(C)(C)COP(=O)(O)OCC(C)(C)C. The normalized spacial score (nSPS) is 17.3. The Bertz CT molecular complexity index is 1110. The second-order valence-electron chi connectivity index (χ2n) is 19.1. The predicted octanol–water partition coefficient (Wildman–Crippen LogP) is 8.43. The monoisotopic (exact) mass is 746 g/mol. The van der Waals surface area contributed by atoms with Crippen LogP contribution in [0.5, 0.6) is 0 Å². The molecule has 0 saturated carbocycles. The van der Waals surface area contributed by atoms with Gasteiger partial charge in [0.2, 0.25) is 0 Å². The van der Waals surface area contributed by atoms with Crippen LogP contribution in [0.3, 0.4) is 0 Å². The van der Waals surface area contributed by atoms with Gasteiger partial charge in [-0.25, -0.2) is 9.13 Å². The maximum Gasteiger partial charge on any atom is 0.472 e. The van der Waals surface area contributed by atoms with E-state index in [1.165, 1.54) is 0 Å². The lowest BCUT2D eigenvalue weighted by molar-refractivity contribution is -0.135. The molecule has 0 saturated heterocycles. The van der Waals surface area contributed by atoms with Crippen molar-refractivity contribution in [1.29, 1.82) is 0 Å². The third kappa shape index (κ3) is 26.8. The maximum absolute atomic E-state index is 12.2. The van der Waals surface area contributed by atoms with Crippen LogP contribution < -0.4 is 0 Å². The Morgan fingerprint density at radius 2 is 0.837 bits per heavy atom. The van der Waals surface area contributed by atoms with Gasteiger partial charge in [0.1, 0.15) is 12.2 Å². The van der Waals surface area contributed by atoms with Crippen LogP contribution in [0.1, 0.15) is 149 Å². The van der Waals surface area contributed by atoms with E-state index in [1.807, 2.05) is 20.8 Å². The predicted molar refractivity (Wildman–Crippen MR) is 194 cm³/mol. The summed E-state index contributed by atoms with van der Waals surface area (Å²) >= 11 is 0. The van der Waals surface area contributed by atoms with Crippen molar-refractivity contribution in [3.8, 4) is 0 Å². The molecule has 49 heavy (non-hydrogen) atoms. The molecule has 0 aromatic rings. The van der Waals surface area contributed by atoms with Gasteiger partial charge >= 0.3 is 15.6 Å². The number of hydrogen-bond acceptors (Lipinski definition) is 10. The summed E-state index contributed by atoms with van der Waals surface area (Å²) in [6.45, 7) is 29.2. The molecule has 14 heteroatoms. The molecule has 0 aliphatic rings. The molecule has 0 radical (unpaired) electrons. The van der Waals surface area contributed by atoms with Gasteiger partial charge in [-0.3, -0.25) is 27.7 Å². The molecule has 0 aromatic carbocycles. The molecule has 12 nitrogen and oxygen atoms in total. The molecule has 4 N–H and O–H groups in total. The molecule has 0 aliphatic heterocycles. The van der Waals surface area contributed by atoms with Crippen LogP contribution in [0, 0.1) is 27.1 Å². The van der Waals surface area contributed by atoms with Crippen molar-refractivity contribution in [3.05, 3.63) is 0 Å². The largest absolute Gasteiger partial charge is 0.472 e. The summed E-state index contributed by atoms with van der Waals surface area (Å²) < 4.78 is 43.7. The molecule has 0 aromatic heterocycles. The van der Waals surface area contributed by atoms with Crippen molar-refractivity contribution in [2.45, 2.75) is 167 Å². The van der Waals surface area contributed by atoms with Gasteiger partial charge in [-0.15, -0.1) is 0 Å². The van der Waals surface area contributed by atoms with Gasteiger partial charge in [0.05, 0.1) is 25.4 Å². The number of carbonyl (C=O) groups excluding carboxylic acids is 2. The minimum Gasteiger partial charge on any atom is -0.385 e. The summed E-state index contributed by atoms with van der Waals surface area (Å²) in [5, 5.41) is 20.6. The Hall–Kier alpha value is -0.520. The van der Waals surface area contributed by atoms with Crippen molar-refractivity contribution in [2.24, 2.45) is 27.1 Å². The van der Waals surface area contributed by atoms with E-state index in [0.29, 0.717) is 12.8 Å². The highest BCUT2D eigenvalue weighted by atomic mass is 31.2. The number of ketones is 2. The molecule has 4 unspecified atom stereocenters. The zero-order valence-electron chi connectivity index (χ0n) is 33.5. The zero-order chi connectivity index (χ0) is 39.5. The van der Waals surface area contributed by atoms with Gasteiger partial charge in [0.15, 0.2) is 11.6 Å². The molecule has 0 aliphatic carbocycles. The lowest BCUT2D eigenvalue weighted by Gasteiger charge is -2.31. The molecule has 4 atom stereocenters. The lowest BCUT2D eigenvalue weighted by Crippen LogP contribution is -2.40. The number of hydrogen-bond donors (Lipinski definition) is 4. The Balaban J connectivity index is 0. The first-order valence-electron chi connectivity index (χ1n) is 17.1. The lowest BCUT2D eigenvalue weighted by atomic mass is 9.82. The molecule has 0 bridgehead atoms. The average Bonchev–Trinajstić information content (AvgIpc) is 2.86. The molecular formula is C35H72O12P2. The van der Waals surface area contributed by atoms with Gasteiger partial charge < -0.3 is 20.0 Å². The zero-order valence-corrected chi connectivity index (χ0v) is 35.3. The second kappa shape index (κ2) is 19.5. The maximum atomic E-state index is 12.2. The van der Waals surface area contributed by atoms with Gasteiger partial charge in [0.25, 0.3) is 0 Å². The molecule has 0 rings (SSSR count). The molecule has 0 spiro atoms. The smallest absolute Gasteiger partial charge is 0.385 e. The fourth-order valence-corrected chi connectivity index (χ4v) is 6.43. The topological polar surface area (TPSA) is 186 Å². The fourth-order valence-electron chi connectivity index (χ4n) is 4.07. The van der Waals surface area contributed by atoms with E-state index in [9.17, 15) is 38.7 Å². The van der Waals surface area contributed by atoms with Crippen LogP contribution in [0.15, 0.2) is 0 Å². The van der Waals surface area contributed by atoms with Crippen LogP contribution in [0.2, 0.25) is 0 Å². The van der Waals surface area contributed by atoms with E-state index < -0.39 is 44.3 Å². The third-order valence-electron chi connectivity index (χ3n) is 7.04. The first kappa shape index (κ1) is 50.6. The highest BCUT2D eigenvalue weighted by Crippen LogP contribution is 2.49. The van der Waals surface area contributed by atoms with Crippen LogP contribution in [0.25, 0.3) is 0 Å². The number of Topliss-reactive ketones (excluding diaryl/α,β-unsaturated/α-hetero) is 2. The average molecular weight is 747 g/mol. The van der Waals surface area contributed by atoms with Crippen molar-refractivity contribution in [1.82, 2.24) is 0 Å². The Morgan fingerprint density at radius 3 is 1.12 bits per heavy atom. The first-order valence-corrected chi connectivity index (χ1v) is 20.1. The van der Waals surface area contributed by atoms with Crippen molar-refractivity contribution < 1.29 is 56.8 Å². The standard InChI is InChI=1S/C18H37O6P.C17H35O6P/c1-16(2,3)11-9-10-14(19)15(20)18(7,8)13-24-25(21,22)23-12-17(4,5)6;1-15(2,3)11-9-10-13(18)14(19)17(7,8)12-22-24(20,21)23-16(4,5)6/h15,20H,9-13H2,1-8H3,(H,21,22);14,19H,9-12H2,1-8H3,(H,20,21). The van der Waals surface area contributed by atoms with Crippen molar-refractivity contribution in [2.75, 3.05) is 19.8 Å². The highest BCUT2D eigenvalue weighted by Gasteiger charge is 2.38. The summed E-state index contributed by atoms with van der Waals surface area (Å²) in [5.74, 6) is -0.557. The van der Waals surface area contributed by atoms with E-state index in [1.54, 1.807) is 48.5 Å². The Labute approximate surface area is 297 Å². The minimum absolute atomic E-state index is 0.0650. The van der Waals surface area contributed by atoms with Crippen LogP contribution in [-0.2, 0) is 36.8 Å². The summed E-state index contributed by atoms with van der Waals surface area (Å²) in [6, 6.07) is 0. The second-order valence-corrected chi connectivity index (χ2v) is 21.9. The van der Waals surface area contributed by atoms with E-state index in [-0.39, 0.29) is 60.5 Å². The molecular weight excluding hydrogens is 674 g/mol. The van der Waals surface area contributed by atoms with Gasteiger partial charge in [-0.1, -0.05) is 90.0 Å². The summed E-state index contributed by atoms with van der Waals surface area (Å²) in [4.78, 5) is 43.8. The van der Waals surface area contributed by atoms with E-state index in [4.69, 9.17) is 18.1 Å². The molecule has 0 fully saturated rings. The van der Waals surface area contributed by atoms with Crippen LogP contribution >= 0.6 is 15.6 Å². The summed E-state index contributed by atoms with van der Waals surface area (Å²) in [7, 11) is -8.47. The molecule has 0 amide bonds. The van der Waals surface area contributed by atoms with Gasteiger partial charge in [0, 0.05) is 23.7 Å². The fraction of sp³-hybridized carbons (Fsp3) is 0.943. The van der Waals surface area contributed by atoms with Crippen molar-refractivity contribution in [3.63, 3.8) is 0 Å². The summed E-state index contributed by atoms with van der Waals surface area (Å²) in [5.41, 5.74) is -2.81. The summed E-state index contributed by atoms with van der Waals surface area (Å²) in [6.07, 6.45) is 1.20. The first-order chi connectivity index (χ1) is 21.4. The number of phosphoric acid groups is 2. The highest BCUT2D eigenvalue weighted by molar-refractivity contribution is 7.47. The van der Waals surface area contributed by atoms with Gasteiger partial charge in [-0.2, -0.15) is 0 Å². The van der Waals surface area contributed by atoms with Crippen LogP contribution in [0.4, 0.5) is 0 Å². The number of aliphatic hydroxyl groups excluding tert-OH is 2.